The van der Waals surface area contributed by atoms with Gasteiger partial charge in [-0.3, -0.25) is 0 Å². The molecule has 1 rings (SSSR count). The molecule has 0 saturated heterocycles. The number of hydrogen-bond acceptors (Lipinski definition) is 4. The first-order valence-corrected chi connectivity index (χ1v) is 10.6. The highest BCUT2D eigenvalue weighted by Gasteiger charge is 2.22. The van der Waals surface area contributed by atoms with Crippen molar-refractivity contribution in [3.63, 3.8) is 0 Å². The average molecular weight is 362 g/mol. The summed E-state index contributed by atoms with van der Waals surface area (Å²) in [6.45, 7) is 0.411. The zero-order valence-corrected chi connectivity index (χ0v) is 13.7. The normalized spacial score (nSPS) is 26.1. The third kappa shape index (κ3) is 7.06. The maximum absolute atomic E-state index is 11.6. The van der Waals surface area contributed by atoms with E-state index in [1.54, 1.807) is 0 Å². The van der Waals surface area contributed by atoms with Crippen LogP contribution in [0, 0.1) is 5.92 Å². The lowest BCUT2D eigenvalue weighted by Gasteiger charge is -2.25. The van der Waals surface area contributed by atoms with Gasteiger partial charge < -0.3 is 0 Å². The summed E-state index contributed by atoms with van der Waals surface area (Å²) < 4.78 is 47.6. The Kier molecular flexibility index (Phi) is 6.08. The predicted molar refractivity (Wildman–Crippen MR) is 76.2 cm³/mol. The number of sulfonamides is 1. The molecule has 1 aliphatic carbocycles. The van der Waals surface area contributed by atoms with E-state index in [-0.39, 0.29) is 11.5 Å². The van der Waals surface area contributed by atoms with Crippen molar-refractivity contribution >= 4 is 35.8 Å². The second-order valence-electron chi connectivity index (χ2n) is 4.93. The predicted octanol–water partition coefficient (Wildman–Crippen LogP) is 0.904. The van der Waals surface area contributed by atoms with E-state index >= 15 is 0 Å². The fourth-order valence-corrected chi connectivity index (χ4v) is 5.56. The van der Waals surface area contributed by atoms with Gasteiger partial charge in [0.2, 0.25) is 10.0 Å². The van der Waals surface area contributed by atoms with Crippen LogP contribution in [0.5, 0.6) is 0 Å². The third-order valence-electron chi connectivity index (χ3n) is 3.03. The van der Waals surface area contributed by atoms with Crippen LogP contribution in [0.1, 0.15) is 25.7 Å². The number of sulfone groups is 1. The monoisotopic (exact) mass is 361 g/mol. The first-order valence-electron chi connectivity index (χ1n) is 5.97. The van der Waals surface area contributed by atoms with Gasteiger partial charge in [-0.25, -0.2) is 21.6 Å². The quantitative estimate of drug-likeness (QED) is 0.712. The molecular weight excluding hydrogens is 342 g/mol. The minimum absolute atomic E-state index is 0.325. The Bertz CT molecular complexity index is 460. The molecule has 0 bridgehead atoms. The molecule has 0 radical (unpaired) electrons. The lowest BCUT2D eigenvalue weighted by molar-refractivity contribution is 0.368. The summed E-state index contributed by atoms with van der Waals surface area (Å²) in [5.41, 5.74) is 0. The zero-order chi connectivity index (χ0) is 13.8. The van der Waals surface area contributed by atoms with Gasteiger partial charge in [0.25, 0.3) is 0 Å². The van der Waals surface area contributed by atoms with E-state index < -0.39 is 19.9 Å². The number of alkyl halides is 1. The van der Waals surface area contributed by atoms with E-state index in [2.05, 4.69) is 20.7 Å². The van der Waals surface area contributed by atoms with Crippen molar-refractivity contribution < 1.29 is 16.8 Å². The van der Waals surface area contributed by atoms with Gasteiger partial charge in [-0.15, -0.1) is 0 Å². The minimum atomic E-state index is -3.48. The van der Waals surface area contributed by atoms with Gasteiger partial charge in [0.15, 0.2) is 0 Å². The first-order chi connectivity index (χ1) is 8.18. The standard InChI is InChI=1S/C10H20BrNO4S2/c1-17(13,14)5-6-18(15,16)12-8-9-3-2-4-10(11)7-9/h9-10,12H,2-8H2,1H3. The van der Waals surface area contributed by atoms with Crippen LogP contribution in [0.4, 0.5) is 0 Å². The van der Waals surface area contributed by atoms with E-state index in [9.17, 15) is 16.8 Å². The first kappa shape index (κ1) is 16.4. The van der Waals surface area contributed by atoms with Gasteiger partial charge in [0, 0.05) is 17.6 Å². The van der Waals surface area contributed by atoms with Crippen LogP contribution in [-0.4, -0.2) is 46.0 Å². The Morgan fingerprint density at radius 1 is 1.17 bits per heavy atom. The second kappa shape index (κ2) is 6.67. The molecule has 108 valence electrons. The molecule has 1 fully saturated rings. The Morgan fingerprint density at radius 3 is 2.39 bits per heavy atom. The molecule has 0 aromatic rings. The van der Waals surface area contributed by atoms with E-state index in [0.717, 1.165) is 31.9 Å². The summed E-state index contributed by atoms with van der Waals surface area (Å²) in [4.78, 5) is 0.469. The molecule has 0 spiro atoms. The van der Waals surface area contributed by atoms with Crippen molar-refractivity contribution in [1.82, 2.24) is 4.72 Å². The van der Waals surface area contributed by atoms with Crippen molar-refractivity contribution in [2.24, 2.45) is 5.92 Å². The lowest BCUT2D eigenvalue weighted by atomic mass is 9.89. The van der Waals surface area contributed by atoms with Crippen molar-refractivity contribution in [1.29, 1.82) is 0 Å². The fourth-order valence-electron chi connectivity index (χ4n) is 1.99. The van der Waals surface area contributed by atoms with Crippen molar-refractivity contribution in [3.05, 3.63) is 0 Å². The van der Waals surface area contributed by atoms with E-state index in [0.29, 0.717) is 17.3 Å². The van der Waals surface area contributed by atoms with E-state index in [4.69, 9.17) is 0 Å². The van der Waals surface area contributed by atoms with Gasteiger partial charge in [-0.1, -0.05) is 22.4 Å². The zero-order valence-electron chi connectivity index (χ0n) is 10.4. The maximum Gasteiger partial charge on any atom is 0.212 e. The summed E-state index contributed by atoms with van der Waals surface area (Å²) in [6.07, 6.45) is 5.27. The summed E-state index contributed by atoms with van der Waals surface area (Å²) in [7, 11) is -6.71. The molecule has 2 atom stereocenters. The molecule has 5 nitrogen and oxygen atoms in total. The molecule has 18 heavy (non-hydrogen) atoms. The van der Waals surface area contributed by atoms with Crippen LogP contribution in [0.25, 0.3) is 0 Å². The molecule has 0 heterocycles. The van der Waals surface area contributed by atoms with Crippen LogP contribution in [0.3, 0.4) is 0 Å². The van der Waals surface area contributed by atoms with Crippen LogP contribution >= 0.6 is 15.9 Å². The van der Waals surface area contributed by atoms with Gasteiger partial charge >= 0.3 is 0 Å². The summed E-state index contributed by atoms with van der Waals surface area (Å²) in [6, 6.07) is 0. The summed E-state index contributed by atoms with van der Waals surface area (Å²) >= 11 is 3.55. The fraction of sp³-hybridized carbons (Fsp3) is 1.00. The molecule has 0 amide bonds. The topological polar surface area (TPSA) is 80.3 Å². The average Bonchev–Trinajstić information content (AvgIpc) is 2.24. The van der Waals surface area contributed by atoms with Gasteiger partial charge in [0.05, 0.1) is 11.5 Å². The van der Waals surface area contributed by atoms with Crippen molar-refractivity contribution in [2.45, 2.75) is 30.5 Å². The largest absolute Gasteiger partial charge is 0.229 e. The molecule has 0 aromatic carbocycles. The van der Waals surface area contributed by atoms with Gasteiger partial charge in [-0.05, 0) is 25.2 Å². The van der Waals surface area contributed by atoms with E-state index in [1.807, 2.05) is 0 Å². The molecular formula is C10H20BrNO4S2. The van der Waals surface area contributed by atoms with Gasteiger partial charge in [0.1, 0.15) is 9.84 Å². The number of nitrogens with one attached hydrogen (secondary N) is 1. The maximum atomic E-state index is 11.6. The highest BCUT2D eigenvalue weighted by molar-refractivity contribution is 9.09. The SMILES string of the molecule is CS(=O)(=O)CCS(=O)(=O)NCC1CCCC(Br)C1. The van der Waals surface area contributed by atoms with Crippen LogP contribution in [-0.2, 0) is 19.9 Å². The van der Waals surface area contributed by atoms with Crippen LogP contribution in [0.2, 0.25) is 0 Å². The molecule has 0 aromatic heterocycles. The molecule has 2 unspecified atom stereocenters. The molecule has 1 N–H and O–H groups in total. The Morgan fingerprint density at radius 2 is 1.83 bits per heavy atom. The smallest absolute Gasteiger partial charge is 0.212 e. The number of rotatable bonds is 6. The summed E-state index contributed by atoms with van der Waals surface area (Å²) in [5, 5.41) is 0. The Labute approximate surface area is 118 Å². The third-order valence-corrected chi connectivity index (χ3v) is 6.42. The Hall–Kier alpha value is 0.340. The van der Waals surface area contributed by atoms with Crippen LogP contribution in [0.15, 0.2) is 0 Å². The lowest BCUT2D eigenvalue weighted by Crippen LogP contribution is -2.35. The summed E-state index contributed by atoms with van der Waals surface area (Å²) in [5.74, 6) is -0.333. The highest BCUT2D eigenvalue weighted by atomic mass is 79.9. The van der Waals surface area contributed by atoms with Crippen molar-refractivity contribution in [2.75, 3.05) is 24.3 Å². The van der Waals surface area contributed by atoms with Gasteiger partial charge in [-0.2, -0.15) is 0 Å². The minimum Gasteiger partial charge on any atom is -0.229 e. The highest BCUT2D eigenvalue weighted by Crippen LogP contribution is 2.28. The number of halogens is 1. The second-order valence-corrected chi connectivity index (χ2v) is 10.4. The molecule has 1 aliphatic rings. The Balaban J connectivity index is 2.37. The van der Waals surface area contributed by atoms with Crippen LogP contribution < -0.4 is 4.72 Å². The van der Waals surface area contributed by atoms with Crippen molar-refractivity contribution in [3.8, 4) is 0 Å². The molecule has 0 aliphatic heterocycles. The van der Waals surface area contributed by atoms with E-state index in [1.165, 1.54) is 0 Å². The molecule has 8 heteroatoms. The number of hydrogen-bond donors (Lipinski definition) is 1. The molecule has 1 saturated carbocycles.